The van der Waals surface area contributed by atoms with Crippen LogP contribution in [0.1, 0.15) is 11.5 Å². The molecule has 0 fully saturated rings. The van der Waals surface area contributed by atoms with Crippen LogP contribution < -0.4 is 0 Å². The molecule has 142 valence electrons. The molecule has 4 aromatic rings. The van der Waals surface area contributed by atoms with Crippen LogP contribution in [-0.2, 0) is 16.3 Å². The first-order valence-electron chi connectivity index (χ1n) is 8.50. The molecule has 28 heavy (non-hydrogen) atoms. The quantitative estimate of drug-likeness (QED) is 0.407. The molecule has 0 bridgehead atoms. The number of nitrogens with zero attached hydrogens (tertiary/aromatic N) is 1. The van der Waals surface area contributed by atoms with Gasteiger partial charge in [0.05, 0.1) is 14.1 Å². The summed E-state index contributed by atoms with van der Waals surface area (Å²) in [4.78, 5) is 5.87. The van der Waals surface area contributed by atoms with Crippen molar-refractivity contribution in [2.75, 3.05) is 6.26 Å². The lowest BCUT2D eigenvalue weighted by molar-refractivity contribution is 0.519. The van der Waals surface area contributed by atoms with Crippen LogP contribution in [0.5, 0.6) is 0 Å². The Bertz CT molecular complexity index is 1210. The third-order valence-electron chi connectivity index (χ3n) is 4.22. The van der Waals surface area contributed by atoms with Crippen LogP contribution in [0.15, 0.2) is 76.0 Å². The average Bonchev–Trinajstić information content (AvgIpc) is 3.28. The summed E-state index contributed by atoms with van der Waals surface area (Å²) in [5.74, 6) is 1.19. The van der Waals surface area contributed by atoms with E-state index in [1.54, 1.807) is 24.3 Å². The highest BCUT2D eigenvalue weighted by molar-refractivity contribution is 7.90. The Labute approximate surface area is 172 Å². The van der Waals surface area contributed by atoms with Gasteiger partial charge in [-0.05, 0) is 42.0 Å². The zero-order valence-electron chi connectivity index (χ0n) is 14.9. The standard InChI is InChI=1S/C21H16ClNO3S2/c1-28(24,25)16-9-7-15(8-10-16)21-20(17-11-12-18(22)27-17)23-19(26-21)13-14-5-3-2-4-6-14/h2-12H,13H2,1H3. The number of sulfone groups is 1. The summed E-state index contributed by atoms with van der Waals surface area (Å²) in [6.07, 6.45) is 1.75. The molecule has 0 atom stereocenters. The van der Waals surface area contributed by atoms with Crippen molar-refractivity contribution in [1.29, 1.82) is 0 Å². The zero-order chi connectivity index (χ0) is 19.7. The second-order valence-electron chi connectivity index (χ2n) is 6.35. The molecule has 2 aromatic heterocycles. The maximum atomic E-state index is 11.7. The van der Waals surface area contributed by atoms with Crippen LogP contribution in [0.4, 0.5) is 0 Å². The molecular formula is C21H16ClNO3S2. The number of hydrogen-bond donors (Lipinski definition) is 0. The highest BCUT2D eigenvalue weighted by Gasteiger charge is 2.19. The van der Waals surface area contributed by atoms with Crippen molar-refractivity contribution in [2.24, 2.45) is 0 Å². The second kappa shape index (κ2) is 7.54. The van der Waals surface area contributed by atoms with Crippen LogP contribution in [-0.4, -0.2) is 19.7 Å². The van der Waals surface area contributed by atoms with E-state index in [2.05, 4.69) is 0 Å². The predicted octanol–water partition coefficient (Wildman–Crippen LogP) is 5.72. The number of halogens is 1. The van der Waals surface area contributed by atoms with E-state index in [9.17, 15) is 8.42 Å². The SMILES string of the molecule is CS(=O)(=O)c1ccc(-c2oc(Cc3ccccc3)nc2-c2ccc(Cl)s2)cc1. The minimum atomic E-state index is -3.26. The number of benzene rings is 2. The number of aromatic nitrogens is 1. The van der Waals surface area contributed by atoms with Gasteiger partial charge in [0.1, 0.15) is 5.69 Å². The fourth-order valence-corrected chi connectivity index (χ4v) is 4.53. The molecule has 2 aromatic carbocycles. The fourth-order valence-electron chi connectivity index (χ4n) is 2.87. The number of rotatable bonds is 5. The summed E-state index contributed by atoms with van der Waals surface area (Å²) < 4.78 is 30.2. The molecule has 0 radical (unpaired) electrons. The van der Waals surface area contributed by atoms with Crippen LogP contribution in [0.2, 0.25) is 4.34 Å². The Kier molecular flexibility index (Phi) is 5.10. The van der Waals surface area contributed by atoms with Crippen LogP contribution in [0.25, 0.3) is 21.9 Å². The molecular weight excluding hydrogens is 414 g/mol. The van der Waals surface area contributed by atoms with Crippen LogP contribution in [0.3, 0.4) is 0 Å². The molecule has 0 aliphatic heterocycles. The largest absolute Gasteiger partial charge is 0.440 e. The normalized spacial score (nSPS) is 11.6. The molecule has 0 unspecified atom stereocenters. The predicted molar refractivity (Wildman–Crippen MR) is 113 cm³/mol. The van der Waals surface area contributed by atoms with Crippen LogP contribution in [0, 0.1) is 0 Å². The van der Waals surface area contributed by atoms with Crippen molar-refractivity contribution in [2.45, 2.75) is 11.3 Å². The van der Waals surface area contributed by atoms with Gasteiger partial charge >= 0.3 is 0 Å². The highest BCUT2D eigenvalue weighted by Crippen LogP contribution is 2.38. The number of thiophene rings is 1. The zero-order valence-corrected chi connectivity index (χ0v) is 17.3. The second-order valence-corrected chi connectivity index (χ2v) is 10.1. The topological polar surface area (TPSA) is 60.2 Å². The van der Waals surface area contributed by atoms with Gasteiger partial charge in [-0.2, -0.15) is 0 Å². The molecule has 0 amide bonds. The molecule has 0 saturated heterocycles. The summed E-state index contributed by atoms with van der Waals surface area (Å²) in [7, 11) is -3.26. The van der Waals surface area contributed by atoms with E-state index < -0.39 is 9.84 Å². The first kappa shape index (κ1) is 18.9. The molecule has 4 nitrogen and oxygen atoms in total. The van der Waals surface area contributed by atoms with Gasteiger partial charge in [0.15, 0.2) is 21.5 Å². The van der Waals surface area contributed by atoms with Gasteiger partial charge in [0, 0.05) is 18.2 Å². The molecule has 2 heterocycles. The van der Waals surface area contributed by atoms with Gasteiger partial charge in [-0.1, -0.05) is 41.9 Å². The molecule has 7 heteroatoms. The molecule has 0 spiro atoms. The minimum absolute atomic E-state index is 0.265. The van der Waals surface area contributed by atoms with E-state index in [0.717, 1.165) is 16.0 Å². The summed E-state index contributed by atoms with van der Waals surface area (Å²) in [5.41, 5.74) is 2.56. The maximum Gasteiger partial charge on any atom is 0.199 e. The first-order chi connectivity index (χ1) is 13.4. The summed E-state index contributed by atoms with van der Waals surface area (Å²) >= 11 is 7.53. The van der Waals surface area contributed by atoms with Crippen molar-refractivity contribution in [3.8, 4) is 21.9 Å². The van der Waals surface area contributed by atoms with E-state index in [0.29, 0.717) is 28.1 Å². The van der Waals surface area contributed by atoms with Crippen molar-refractivity contribution in [3.05, 3.63) is 82.5 Å². The Morgan fingerprint density at radius 1 is 1.00 bits per heavy atom. The monoisotopic (exact) mass is 429 g/mol. The summed E-state index contributed by atoms with van der Waals surface area (Å²) in [6, 6.07) is 20.3. The van der Waals surface area contributed by atoms with Gasteiger partial charge in [-0.15, -0.1) is 11.3 Å². The van der Waals surface area contributed by atoms with E-state index in [-0.39, 0.29) is 4.90 Å². The molecule has 0 aliphatic rings. The number of oxazole rings is 1. The van der Waals surface area contributed by atoms with Crippen molar-refractivity contribution < 1.29 is 12.8 Å². The van der Waals surface area contributed by atoms with Gasteiger partial charge < -0.3 is 4.42 Å². The first-order valence-corrected chi connectivity index (χ1v) is 11.6. The third kappa shape index (κ3) is 4.04. The van der Waals surface area contributed by atoms with E-state index in [4.69, 9.17) is 21.0 Å². The van der Waals surface area contributed by atoms with Gasteiger partial charge in [0.2, 0.25) is 0 Å². The Morgan fingerprint density at radius 3 is 2.32 bits per heavy atom. The van der Waals surface area contributed by atoms with E-state index >= 15 is 0 Å². The summed E-state index contributed by atoms with van der Waals surface area (Å²) in [6.45, 7) is 0. The van der Waals surface area contributed by atoms with Crippen molar-refractivity contribution in [3.63, 3.8) is 0 Å². The third-order valence-corrected chi connectivity index (χ3v) is 6.59. The maximum absolute atomic E-state index is 11.7. The smallest absolute Gasteiger partial charge is 0.199 e. The lowest BCUT2D eigenvalue weighted by Crippen LogP contribution is -1.96. The molecule has 4 rings (SSSR count). The highest BCUT2D eigenvalue weighted by atomic mass is 35.5. The molecule has 0 saturated carbocycles. The van der Waals surface area contributed by atoms with Gasteiger partial charge in [-0.3, -0.25) is 0 Å². The lowest BCUT2D eigenvalue weighted by Gasteiger charge is -2.02. The van der Waals surface area contributed by atoms with E-state index in [1.807, 2.05) is 42.5 Å². The lowest BCUT2D eigenvalue weighted by atomic mass is 10.1. The average molecular weight is 430 g/mol. The van der Waals surface area contributed by atoms with Gasteiger partial charge in [-0.25, -0.2) is 13.4 Å². The van der Waals surface area contributed by atoms with E-state index in [1.165, 1.54) is 17.6 Å². The Hall–Kier alpha value is -2.41. The van der Waals surface area contributed by atoms with Crippen molar-refractivity contribution in [1.82, 2.24) is 4.98 Å². The molecule has 0 N–H and O–H groups in total. The number of hydrogen-bond acceptors (Lipinski definition) is 5. The Balaban J connectivity index is 1.78. The Morgan fingerprint density at radius 2 is 1.71 bits per heavy atom. The molecule has 0 aliphatic carbocycles. The summed E-state index contributed by atoms with van der Waals surface area (Å²) in [5, 5.41) is 0. The van der Waals surface area contributed by atoms with Gasteiger partial charge in [0.25, 0.3) is 0 Å². The van der Waals surface area contributed by atoms with Crippen molar-refractivity contribution >= 4 is 32.8 Å². The minimum Gasteiger partial charge on any atom is -0.440 e. The fraction of sp³-hybridized carbons (Fsp3) is 0.0952. The van der Waals surface area contributed by atoms with Crippen LogP contribution >= 0.6 is 22.9 Å².